The number of amides is 1. The highest BCUT2D eigenvalue weighted by Gasteiger charge is 2.50. The number of aliphatic hydroxyl groups is 1. The molecule has 1 amide bonds. The molecule has 0 bridgehead atoms. The third kappa shape index (κ3) is 11.4. The zero-order chi connectivity index (χ0) is 54.5. The molecule has 5 aliphatic rings. The number of H-pyrrole nitrogens is 1. The van der Waals surface area contributed by atoms with Gasteiger partial charge in [-0.2, -0.15) is 0 Å². The van der Waals surface area contributed by atoms with Crippen molar-refractivity contribution in [1.82, 2.24) is 24.5 Å². The van der Waals surface area contributed by atoms with E-state index in [0.717, 1.165) is 95.3 Å². The molecular weight excluding hydrogens is 1030 g/mol. The van der Waals surface area contributed by atoms with E-state index in [4.69, 9.17) is 21.1 Å². The first kappa shape index (κ1) is 53.7. The van der Waals surface area contributed by atoms with Gasteiger partial charge < -0.3 is 29.8 Å². The van der Waals surface area contributed by atoms with Gasteiger partial charge >= 0.3 is 0 Å². The minimum Gasteiger partial charge on any atom is -0.496 e. The molecule has 2 aromatic heterocycles. The highest BCUT2D eigenvalue weighted by atomic mass is 35.5. The first-order valence-corrected chi connectivity index (χ1v) is 29.5. The van der Waals surface area contributed by atoms with Crippen LogP contribution in [0, 0.1) is 21.4 Å². The van der Waals surface area contributed by atoms with Crippen molar-refractivity contribution in [2.45, 2.75) is 126 Å². The average Bonchev–Trinajstić information content (AvgIpc) is 4.32. The number of aromatic nitrogens is 2. The number of nitrogens with one attached hydrogen (secondary N) is 3. The predicted octanol–water partition coefficient (Wildman–Crippen LogP) is 11.7. The summed E-state index contributed by atoms with van der Waals surface area (Å²) in [5, 5.41) is 26.8. The number of piperazine rings is 1. The molecule has 1 atom stereocenters. The highest BCUT2D eigenvalue weighted by molar-refractivity contribution is 7.90. The van der Waals surface area contributed by atoms with Crippen molar-refractivity contribution in [3.8, 4) is 17.2 Å². The van der Waals surface area contributed by atoms with Crippen molar-refractivity contribution in [2.24, 2.45) is 11.3 Å². The van der Waals surface area contributed by atoms with Crippen LogP contribution >= 0.6 is 11.6 Å². The Bertz CT molecular complexity index is 3320. The van der Waals surface area contributed by atoms with Crippen LogP contribution in [0.5, 0.6) is 17.2 Å². The second-order valence-corrected chi connectivity index (χ2v) is 25.4. The number of hydrogen-bond acceptors (Lipinski definition) is 13. The molecule has 16 nitrogen and oxygen atoms in total. The molecule has 18 heteroatoms. The number of benzene rings is 4. The minimum atomic E-state index is -4.61. The summed E-state index contributed by atoms with van der Waals surface area (Å²) in [6.45, 7) is 12.3. The molecule has 1 spiro atoms. The van der Waals surface area contributed by atoms with Gasteiger partial charge in [0.1, 0.15) is 28.6 Å². The van der Waals surface area contributed by atoms with Gasteiger partial charge in [-0.1, -0.05) is 61.8 Å². The molecular formula is C60H71ClN8O8S. The molecule has 4 heterocycles. The van der Waals surface area contributed by atoms with Crippen LogP contribution in [-0.4, -0.2) is 102 Å². The maximum absolute atomic E-state index is 14.2. The van der Waals surface area contributed by atoms with E-state index in [9.17, 15) is 28.4 Å². The van der Waals surface area contributed by atoms with Crippen LogP contribution in [0.15, 0.2) is 102 Å². The fraction of sp³-hybridized carbons (Fsp3) is 0.467. The topological polar surface area (TPSA) is 195 Å². The van der Waals surface area contributed by atoms with Crippen LogP contribution in [0.3, 0.4) is 0 Å². The number of carbonyl (C=O) groups is 1. The molecule has 0 radical (unpaired) electrons. The number of piperidine rings is 1. The summed E-state index contributed by atoms with van der Waals surface area (Å²) in [5.74, 6) is 1.67. The van der Waals surface area contributed by atoms with E-state index >= 15 is 0 Å². The number of hydrogen-bond donors (Lipinski definition) is 4. The zero-order valence-corrected chi connectivity index (χ0v) is 46.5. The number of aromatic amines is 1. The van der Waals surface area contributed by atoms with Gasteiger partial charge in [0.2, 0.25) is 0 Å². The van der Waals surface area contributed by atoms with Crippen LogP contribution in [0.2, 0.25) is 5.02 Å². The number of nitrogens with zero attached hydrogens (tertiary/aromatic N) is 5. The minimum absolute atomic E-state index is 0.0583. The lowest BCUT2D eigenvalue weighted by atomic mass is 9.59. The van der Waals surface area contributed by atoms with E-state index in [0.29, 0.717) is 53.3 Å². The molecule has 11 rings (SSSR count). The maximum Gasteiger partial charge on any atom is 0.293 e. The number of ether oxygens (including phenoxy) is 2. The monoisotopic (exact) mass is 1100 g/mol. The first-order chi connectivity index (χ1) is 37.4. The number of carbonyl (C=O) groups excluding carboxylic acids is 1. The molecule has 6 aromatic rings. The number of sulfonamides is 1. The summed E-state index contributed by atoms with van der Waals surface area (Å²) >= 11 is 6.46. The Morgan fingerprint density at radius 1 is 0.936 bits per heavy atom. The number of rotatable bonds is 17. The number of fused-ring (bicyclic) bond motifs is 1. The van der Waals surface area contributed by atoms with Crippen LogP contribution in [-0.2, 0) is 16.6 Å². The summed E-state index contributed by atoms with van der Waals surface area (Å²) in [5.41, 5.74) is 6.02. The number of nitro groups is 1. The normalized spacial score (nSPS) is 22.1. The summed E-state index contributed by atoms with van der Waals surface area (Å²) in [4.78, 5) is 40.6. The van der Waals surface area contributed by atoms with Crippen molar-refractivity contribution < 1.29 is 32.7 Å². The Hall–Kier alpha value is -6.24. The lowest BCUT2D eigenvalue weighted by molar-refractivity contribution is -0.384. The molecule has 78 heavy (non-hydrogen) atoms. The number of anilines is 2. The van der Waals surface area contributed by atoms with Crippen LogP contribution in [0.4, 0.5) is 17.1 Å². The summed E-state index contributed by atoms with van der Waals surface area (Å²) < 4.78 is 42.3. The van der Waals surface area contributed by atoms with Crippen LogP contribution < -0.4 is 24.4 Å². The standard InChI is InChI=1S/C60H71ClN8O8S/c1-38(2)46-7-5-6-8-48(46)54-37-66(36-40-9-14-47(41-10-11-41)55(27-40)76-4)25-26-68(54)43-31-60(32-43)21-23-67(24-22-60)42-12-15-49(56(28-42)77-44-29-50-51(61)35-64-57(50)63-34-44)58(70)65-78(74,75)45-13-16-52(53(30-45)69(72)73)62-33-39-17-19-59(3,71)20-18-39/h5-9,12-16,27-30,34-35,38-39,41,43,54,62,71H,10-11,17-26,31-33,36-37H2,1-4H3,(H,63,64)(H,65,70)/t39-,54-,59-/m0/s1. The molecule has 5 fully saturated rings. The van der Waals surface area contributed by atoms with E-state index in [1.165, 1.54) is 53.4 Å². The average molecular weight is 1100 g/mol. The third-order valence-electron chi connectivity index (χ3n) is 17.6. The largest absolute Gasteiger partial charge is 0.496 e. The number of methoxy groups -OCH3 is 1. The van der Waals surface area contributed by atoms with E-state index in [-0.39, 0.29) is 40.1 Å². The predicted molar refractivity (Wildman–Crippen MR) is 304 cm³/mol. The van der Waals surface area contributed by atoms with Crippen LogP contribution in [0.1, 0.15) is 135 Å². The van der Waals surface area contributed by atoms with Gasteiger partial charge in [-0.3, -0.25) is 24.7 Å². The summed E-state index contributed by atoms with van der Waals surface area (Å²) in [6.07, 6.45) is 12.6. The van der Waals surface area contributed by atoms with E-state index in [1.54, 1.807) is 31.5 Å². The van der Waals surface area contributed by atoms with E-state index in [1.807, 2.05) is 13.0 Å². The Morgan fingerprint density at radius 3 is 2.44 bits per heavy atom. The first-order valence-electron chi connectivity index (χ1n) is 27.7. The Balaban J connectivity index is 0.782. The fourth-order valence-electron chi connectivity index (χ4n) is 12.8. The van der Waals surface area contributed by atoms with E-state index < -0.39 is 37.0 Å². The second-order valence-electron chi connectivity index (χ2n) is 23.4. The Kier molecular flexibility index (Phi) is 15.0. The van der Waals surface area contributed by atoms with Crippen molar-refractivity contribution in [2.75, 3.05) is 56.6 Å². The van der Waals surface area contributed by atoms with Crippen LogP contribution in [0.25, 0.3) is 11.0 Å². The number of pyridine rings is 1. The van der Waals surface area contributed by atoms with Gasteiger partial charge in [-0.25, -0.2) is 18.1 Å². The van der Waals surface area contributed by atoms with Crippen molar-refractivity contribution in [3.05, 3.63) is 140 Å². The lowest BCUT2D eigenvalue weighted by Crippen LogP contribution is -2.60. The lowest BCUT2D eigenvalue weighted by Gasteiger charge is -2.58. The smallest absolute Gasteiger partial charge is 0.293 e. The van der Waals surface area contributed by atoms with Gasteiger partial charge in [0.05, 0.1) is 39.3 Å². The van der Waals surface area contributed by atoms with Crippen molar-refractivity contribution in [1.29, 1.82) is 0 Å². The van der Waals surface area contributed by atoms with Gasteiger partial charge in [-0.05, 0) is 153 Å². The molecule has 2 saturated heterocycles. The molecule has 412 valence electrons. The summed E-state index contributed by atoms with van der Waals surface area (Å²) in [6, 6.07) is 27.0. The molecule has 0 unspecified atom stereocenters. The number of nitro benzene ring substituents is 1. The highest BCUT2D eigenvalue weighted by Crippen LogP contribution is 2.54. The van der Waals surface area contributed by atoms with E-state index in [2.05, 4.69) is 91.0 Å². The van der Waals surface area contributed by atoms with Crippen molar-refractivity contribution >= 4 is 55.6 Å². The van der Waals surface area contributed by atoms with Gasteiger partial charge in [0.15, 0.2) is 0 Å². The van der Waals surface area contributed by atoms with Gasteiger partial charge in [-0.15, -0.1) is 0 Å². The van der Waals surface area contributed by atoms with Gasteiger partial charge in [0, 0.05) is 87.3 Å². The zero-order valence-electron chi connectivity index (χ0n) is 45.0. The third-order valence-corrected chi connectivity index (χ3v) is 19.2. The van der Waals surface area contributed by atoms with Gasteiger partial charge in [0.25, 0.3) is 21.6 Å². The SMILES string of the molecule is COc1cc(CN2CCN(C3CC4(CCN(c5ccc(C(=O)NS(=O)(=O)c6ccc(NC[C@H]7CC[C@](C)(O)CC7)c([N+](=O)[O-])c6)c(Oc6cnc7[nH]cc(Cl)c7c6)c5)CC4)C3)[C@H](c3ccccc3C(C)C)C2)ccc1C1CC1. The number of halogens is 1. The molecule has 3 saturated carbocycles. The fourth-order valence-corrected chi connectivity index (χ4v) is 14.0. The molecule has 4 N–H and O–H groups in total. The molecule has 4 aromatic carbocycles. The maximum atomic E-state index is 14.2. The quantitative estimate of drug-likeness (QED) is 0.0498. The van der Waals surface area contributed by atoms with Crippen molar-refractivity contribution in [3.63, 3.8) is 0 Å². The summed E-state index contributed by atoms with van der Waals surface area (Å²) in [7, 11) is -2.82. The molecule has 3 aliphatic carbocycles. The molecule has 2 aliphatic heterocycles. The second kappa shape index (κ2) is 21.8. The Labute approximate surface area is 462 Å². The Morgan fingerprint density at radius 2 is 1.71 bits per heavy atom.